The molecule has 3 N–H and O–H groups in total. The fraction of sp³-hybridized carbons (Fsp3) is 0.444. The molecular formula is C18H23FN4O4. The van der Waals surface area contributed by atoms with Crippen LogP contribution in [0.15, 0.2) is 24.3 Å². The Labute approximate surface area is 156 Å². The molecule has 1 aliphatic rings. The van der Waals surface area contributed by atoms with Crippen molar-refractivity contribution in [3.63, 3.8) is 0 Å². The highest BCUT2D eigenvalue weighted by molar-refractivity contribution is 6.10. The fourth-order valence-electron chi connectivity index (χ4n) is 2.79. The Morgan fingerprint density at radius 1 is 1.22 bits per heavy atom. The molecule has 0 spiro atoms. The molecular weight excluding hydrogens is 355 g/mol. The summed E-state index contributed by atoms with van der Waals surface area (Å²) in [7, 11) is 0. The molecule has 0 aliphatic carbocycles. The molecule has 0 bridgehead atoms. The maximum Gasteiger partial charge on any atom is 0.325 e. The molecule has 1 heterocycles. The van der Waals surface area contributed by atoms with Gasteiger partial charge < -0.3 is 10.6 Å². The largest absolute Gasteiger partial charge is 0.338 e. The van der Waals surface area contributed by atoms with Crippen LogP contribution < -0.4 is 16.0 Å². The van der Waals surface area contributed by atoms with Gasteiger partial charge in [0, 0.05) is 6.54 Å². The highest BCUT2D eigenvalue weighted by Crippen LogP contribution is 2.32. The SMILES string of the molecule is CC[C@]1(c2ccc(F)cc2)NC(=O)N(CC(=O)NC(=O)NCC(C)C)C1=O. The number of nitrogens with one attached hydrogen (secondary N) is 3. The zero-order chi connectivity index (χ0) is 20.2. The van der Waals surface area contributed by atoms with Crippen LogP contribution in [0.25, 0.3) is 0 Å². The molecule has 1 atom stereocenters. The van der Waals surface area contributed by atoms with Gasteiger partial charge in [0.25, 0.3) is 5.91 Å². The van der Waals surface area contributed by atoms with Crippen molar-refractivity contribution < 1.29 is 23.6 Å². The Morgan fingerprint density at radius 3 is 2.41 bits per heavy atom. The smallest absolute Gasteiger partial charge is 0.325 e. The van der Waals surface area contributed by atoms with Gasteiger partial charge in [-0.05, 0) is 30.0 Å². The summed E-state index contributed by atoms with van der Waals surface area (Å²) in [5.41, 5.74) is -0.951. The van der Waals surface area contributed by atoms with Crippen LogP contribution in [0.4, 0.5) is 14.0 Å². The van der Waals surface area contributed by atoms with E-state index < -0.39 is 41.8 Å². The fourth-order valence-corrected chi connectivity index (χ4v) is 2.79. The van der Waals surface area contributed by atoms with Crippen LogP contribution in [0.5, 0.6) is 0 Å². The summed E-state index contributed by atoms with van der Waals surface area (Å²) in [6.45, 7) is 5.28. The van der Waals surface area contributed by atoms with E-state index in [2.05, 4.69) is 16.0 Å². The Bertz CT molecular complexity index is 750. The number of carbonyl (C=O) groups is 4. The topological polar surface area (TPSA) is 108 Å². The Hall–Kier alpha value is -2.97. The molecule has 1 aromatic rings. The van der Waals surface area contributed by atoms with Crippen molar-refractivity contribution in [3.05, 3.63) is 35.6 Å². The molecule has 8 nitrogen and oxygen atoms in total. The molecule has 1 saturated heterocycles. The molecule has 1 fully saturated rings. The molecule has 1 aliphatic heterocycles. The predicted molar refractivity (Wildman–Crippen MR) is 95.0 cm³/mol. The third kappa shape index (κ3) is 4.42. The molecule has 0 saturated carbocycles. The average Bonchev–Trinajstić information content (AvgIpc) is 2.85. The minimum Gasteiger partial charge on any atom is -0.338 e. The second-order valence-electron chi connectivity index (χ2n) is 6.74. The van der Waals surface area contributed by atoms with Gasteiger partial charge in [0.15, 0.2) is 0 Å². The van der Waals surface area contributed by atoms with E-state index in [4.69, 9.17) is 0 Å². The highest BCUT2D eigenvalue weighted by atomic mass is 19.1. The summed E-state index contributed by atoms with van der Waals surface area (Å²) in [5, 5.41) is 7.18. The quantitative estimate of drug-likeness (QED) is 0.652. The van der Waals surface area contributed by atoms with Crippen molar-refractivity contribution in [2.75, 3.05) is 13.1 Å². The molecule has 146 valence electrons. The Kier molecular flexibility index (Phi) is 6.14. The molecule has 0 radical (unpaired) electrons. The first-order valence-corrected chi connectivity index (χ1v) is 8.67. The van der Waals surface area contributed by atoms with E-state index >= 15 is 0 Å². The molecule has 0 unspecified atom stereocenters. The number of nitrogens with zero attached hydrogens (tertiary/aromatic N) is 1. The first kappa shape index (κ1) is 20.3. The number of benzene rings is 1. The molecule has 27 heavy (non-hydrogen) atoms. The molecule has 1 aromatic carbocycles. The Morgan fingerprint density at radius 2 is 1.85 bits per heavy atom. The number of halogens is 1. The van der Waals surface area contributed by atoms with Crippen LogP contribution in [0.2, 0.25) is 0 Å². The first-order valence-electron chi connectivity index (χ1n) is 8.67. The summed E-state index contributed by atoms with van der Waals surface area (Å²) in [6.07, 6.45) is 0.218. The van der Waals surface area contributed by atoms with Crippen molar-refractivity contribution in [2.24, 2.45) is 5.92 Å². The van der Waals surface area contributed by atoms with Gasteiger partial charge in [-0.2, -0.15) is 0 Å². The lowest BCUT2D eigenvalue weighted by atomic mass is 9.87. The van der Waals surface area contributed by atoms with Crippen LogP contribution in [0, 0.1) is 11.7 Å². The second kappa shape index (κ2) is 8.15. The van der Waals surface area contributed by atoms with Gasteiger partial charge in [0.2, 0.25) is 5.91 Å². The summed E-state index contributed by atoms with van der Waals surface area (Å²) in [6, 6.07) is 3.78. The zero-order valence-corrected chi connectivity index (χ0v) is 15.5. The second-order valence-corrected chi connectivity index (χ2v) is 6.74. The number of hydrogen-bond donors (Lipinski definition) is 3. The van der Waals surface area contributed by atoms with E-state index in [1.165, 1.54) is 24.3 Å². The van der Waals surface area contributed by atoms with Gasteiger partial charge >= 0.3 is 12.1 Å². The average molecular weight is 378 g/mol. The van der Waals surface area contributed by atoms with Gasteiger partial charge in [0.1, 0.15) is 17.9 Å². The number of hydrogen-bond acceptors (Lipinski definition) is 4. The van der Waals surface area contributed by atoms with Crippen molar-refractivity contribution >= 4 is 23.9 Å². The van der Waals surface area contributed by atoms with E-state index in [0.29, 0.717) is 12.1 Å². The zero-order valence-electron chi connectivity index (χ0n) is 15.5. The third-order valence-electron chi connectivity index (χ3n) is 4.27. The molecule has 0 aromatic heterocycles. The number of rotatable bonds is 6. The van der Waals surface area contributed by atoms with E-state index in [9.17, 15) is 23.6 Å². The first-order chi connectivity index (χ1) is 12.7. The standard InChI is InChI=1S/C18H23FN4O4/c1-4-18(12-5-7-13(19)8-6-12)15(25)23(17(27)22-18)10-14(24)21-16(26)20-9-11(2)3/h5-8,11H,4,9-10H2,1-3H3,(H,22,27)(H2,20,21,24,26)/t18-/m1/s1. The van der Waals surface area contributed by atoms with Crippen LogP contribution >= 0.6 is 0 Å². The minimum atomic E-state index is -1.37. The summed E-state index contributed by atoms with van der Waals surface area (Å²) >= 11 is 0. The number of amides is 6. The van der Waals surface area contributed by atoms with Gasteiger partial charge in [-0.15, -0.1) is 0 Å². The van der Waals surface area contributed by atoms with Gasteiger partial charge in [-0.3, -0.25) is 19.8 Å². The van der Waals surface area contributed by atoms with Gasteiger partial charge in [0.05, 0.1) is 0 Å². The van der Waals surface area contributed by atoms with Crippen LogP contribution in [0.1, 0.15) is 32.8 Å². The maximum absolute atomic E-state index is 13.2. The highest BCUT2D eigenvalue weighted by Gasteiger charge is 2.51. The molecule has 2 rings (SSSR count). The van der Waals surface area contributed by atoms with Gasteiger partial charge in [-0.25, -0.2) is 14.0 Å². The monoisotopic (exact) mass is 378 g/mol. The lowest BCUT2D eigenvalue weighted by molar-refractivity contribution is -0.135. The van der Waals surface area contributed by atoms with Crippen LogP contribution in [-0.2, 0) is 15.1 Å². The van der Waals surface area contributed by atoms with E-state index in [0.717, 1.165) is 4.90 Å². The Balaban J connectivity index is 2.09. The van der Waals surface area contributed by atoms with Crippen LogP contribution in [-0.4, -0.2) is 41.9 Å². The molecule has 9 heteroatoms. The number of imide groups is 2. The van der Waals surface area contributed by atoms with Crippen LogP contribution in [0.3, 0.4) is 0 Å². The van der Waals surface area contributed by atoms with Gasteiger partial charge in [-0.1, -0.05) is 32.9 Å². The van der Waals surface area contributed by atoms with E-state index in [1.807, 2.05) is 13.8 Å². The lowest BCUT2D eigenvalue weighted by Crippen LogP contribution is -2.47. The summed E-state index contributed by atoms with van der Waals surface area (Å²) in [5.74, 6) is -1.67. The van der Waals surface area contributed by atoms with Crippen molar-refractivity contribution in [3.8, 4) is 0 Å². The lowest BCUT2D eigenvalue weighted by Gasteiger charge is -2.25. The number of carbonyl (C=O) groups excluding carboxylic acids is 4. The minimum absolute atomic E-state index is 0.206. The van der Waals surface area contributed by atoms with E-state index in [-0.39, 0.29) is 12.3 Å². The van der Waals surface area contributed by atoms with E-state index in [1.54, 1.807) is 6.92 Å². The van der Waals surface area contributed by atoms with Crippen molar-refractivity contribution in [1.29, 1.82) is 0 Å². The normalized spacial score (nSPS) is 19.2. The van der Waals surface area contributed by atoms with Crippen molar-refractivity contribution in [2.45, 2.75) is 32.7 Å². The summed E-state index contributed by atoms with van der Waals surface area (Å²) < 4.78 is 13.2. The predicted octanol–water partition coefficient (Wildman–Crippen LogP) is 1.46. The maximum atomic E-state index is 13.2. The molecule has 6 amide bonds. The third-order valence-corrected chi connectivity index (χ3v) is 4.27. The van der Waals surface area contributed by atoms with Crippen molar-refractivity contribution in [1.82, 2.24) is 20.9 Å². The summed E-state index contributed by atoms with van der Waals surface area (Å²) in [4.78, 5) is 49.6. The number of urea groups is 2.